The number of hydrogen-bond acceptors (Lipinski definition) is 4. The summed E-state index contributed by atoms with van der Waals surface area (Å²) in [5.41, 5.74) is 2.16. The van der Waals surface area contributed by atoms with Gasteiger partial charge in [-0.25, -0.2) is 14.6 Å². The van der Waals surface area contributed by atoms with Gasteiger partial charge in [-0.05, 0) is 30.2 Å². The van der Waals surface area contributed by atoms with Gasteiger partial charge in [0.05, 0.1) is 12.7 Å². The number of aromatic nitrogens is 4. The highest BCUT2D eigenvalue weighted by molar-refractivity contribution is 5.62. The molecule has 0 unspecified atom stereocenters. The van der Waals surface area contributed by atoms with Crippen molar-refractivity contribution in [3.05, 3.63) is 58.8 Å². The highest BCUT2D eigenvalue weighted by Crippen LogP contribution is 2.19. The maximum Gasteiger partial charge on any atom is 0.280 e. The van der Waals surface area contributed by atoms with Crippen molar-refractivity contribution in [2.24, 2.45) is 0 Å². The Labute approximate surface area is 121 Å². The van der Waals surface area contributed by atoms with E-state index in [0.717, 1.165) is 11.1 Å². The number of hydrogen-bond donors (Lipinski definition) is 1. The number of nitrogens with one attached hydrogen (secondary N) is 1. The van der Waals surface area contributed by atoms with Crippen LogP contribution in [0.25, 0.3) is 16.9 Å². The number of nitrogens with zero attached hydrogens (tertiary/aromatic N) is 3. The van der Waals surface area contributed by atoms with Crippen molar-refractivity contribution >= 4 is 0 Å². The van der Waals surface area contributed by atoms with Crippen molar-refractivity contribution in [1.29, 1.82) is 0 Å². The summed E-state index contributed by atoms with van der Waals surface area (Å²) in [6, 6.07) is 7.19. The van der Waals surface area contributed by atoms with Crippen molar-refractivity contribution in [2.45, 2.75) is 6.92 Å². The van der Waals surface area contributed by atoms with E-state index < -0.39 is 0 Å². The molecule has 6 nitrogen and oxygen atoms in total. The number of H-pyrrole nitrogens is 1. The third-order valence-corrected chi connectivity index (χ3v) is 3.15. The van der Waals surface area contributed by atoms with E-state index in [0.29, 0.717) is 17.3 Å². The first kappa shape index (κ1) is 13.1. The number of pyridine rings is 2. The standard InChI is InChI=1S/C15H14N4O2/c1-10-3-4-13(17-8-10)19-15(20)12(9-18-19)11-5-6-16-14(7-11)21-2/h3-9,18H,1-2H3. The fourth-order valence-corrected chi connectivity index (χ4v) is 2.03. The summed E-state index contributed by atoms with van der Waals surface area (Å²) in [5, 5.41) is 2.93. The van der Waals surface area contributed by atoms with Crippen LogP contribution in [0.5, 0.6) is 5.88 Å². The molecule has 3 aromatic heterocycles. The van der Waals surface area contributed by atoms with Crippen LogP contribution in [0.4, 0.5) is 0 Å². The third-order valence-electron chi connectivity index (χ3n) is 3.15. The summed E-state index contributed by atoms with van der Waals surface area (Å²) in [4.78, 5) is 20.8. The van der Waals surface area contributed by atoms with Crippen LogP contribution >= 0.6 is 0 Å². The molecule has 21 heavy (non-hydrogen) atoms. The summed E-state index contributed by atoms with van der Waals surface area (Å²) < 4.78 is 6.48. The second-order valence-electron chi connectivity index (χ2n) is 4.61. The number of methoxy groups -OCH3 is 1. The molecule has 0 bridgehead atoms. The zero-order chi connectivity index (χ0) is 14.8. The zero-order valence-corrected chi connectivity index (χ0v) is 11.7. The molecule has 3 aromatic rings. The number of rotatable bonds is 3. The number of ether oxygens (including phenoxy) is 1. The van der Waals surface area contributed by atoms with Gasteiger partial charge in [-0.3, -0.25) is 9.89 Å². The first-order chi connectivity index (χ1) is 10.2. The molecule has 0 amide bonds. The van der Waals surface area contributed by atoms with E-state index in [1.165, 1.54) is 11.8 Å². The highest BCUT2D eigenvalue weighted by Gasteiger charge is 2.11. The lowest BCUT2D eigenvalue weighted by molar-refractivity contribution is 0.398. The Bertz CT molecular complexity index is 818. The first-order valence-electron chi connectivity index (χ1n) is 6.43. The van der Waals surface area contributed by atoms with E-state index in [-0.39, 0.29) is 5.56 Å². The largest absolute Gasteiger partial charge is 0.481 e. The van der Waals surface area contributed by atoms with Gasteiger partial charge in [0.15, 0.2) is 5.82 Å². The van der Waals surface area contributed by atoms with Gasteiger partial charge in [0, 0.05) is 24.7 Å². The van der Waals surface area contributed by atoms with Gasteiger partial charge >= 0.3 is 0 Å². The molecular formula is C15H14N4O2. The van der Waals surface area contributed by atoms with Crippen LogP contribution in [0.3, 0.4) is 0 Å². The Balaban J connectivity index is 2.06. The Morgan fingerprint density at radius 3 is 2.81 bits per heavy atom. The van der Waals surface area contributed by atoms with E-state index in [9.17, 15) is 4.79 Å². The number of aryl methyl sites for hydroxylation is 1. The maximum atomic E-state index is 12.5. The second kappa shape index (κ2) is 5.24. The first-order valence-corrected chi connectivity index (χ1v) is 6.43. The SMILES string of the molecule is COc1cc(-c2c[nH]n(-c3ccc(C)cn3)c2=O)ccn1. The molecule has 0 aliphatic rings. The minimum atomic E-state index is -0.167. The third kappa shape index (κ3) is 2.43. The van der Waals surface area contributed by atoms with Gasteiger partial charge in [-0.2, -0.15) is 0 Å². The minimum absolute atomic E-state index is 0.167. The molecule has 0 radical (unpaired) electrons. The van der Waals surface area contributed by atoms with Crippen LogP contribution < -0.4 is 10.3 Å². The van der Waals surface area contributed by atoms with Gasteiger partial charge in [-0.1, -0.05) is 6.07 Å². The van der Waals surface area contributed by atoms with Crippen molar-refractivity contribution in [2.75, 3.05) is 7.11 Å². The lowest BCUT2D eigenvalue weighted by Crippen LogP contribution is -2.16. The Morgan fingerprint density at radius 1 is 1.24 bits per heavy atom. The van der Waals surface area contributed by atoms with E-state index in [1.807, 2.05) is 13.0 Å². The molecule has 0 saturated carbocycles. The predicted molar refractivity (Wildman–Crippen MR) is 78.7 cm³/mol. The molecule has 0 aromatic carbocycles. The van der Waals surface area contributed by atoms with E-state index in [4.69, 9.17) is 4.74 Å². The van der Waals surface area contributed by atoms with Crippen LogP contribution in [0.15, 0.2) is 47.7 Å². The summed E-state index contributed by atoms with van der Waals surface area (Å²) in [7, 11) is 1.54. The molecule has 6 heteroatoms. The van der Waals surface area contributed by atoms with E-state index >= 15 is 0 Å². The van der Waals surface area contributed by atoms with Crippen LogP contribution in [0.1, 0.15) is 5.56 Å². The summed E-state index contributed by atoms with van der Waals surface area (Å²) in [6.07, 6.45) is 4.98. The van der Waals surface area contributed by atoms with Crippen LogP contribution in [-0.4, -0.2) is 26.9 Å². The van der Waals surface area contributed by atoms with Crippen molar-refractivity contribution in [3.8, 4) is 22.8 Å². The van der Waals surface area contributed by atoms with Crippen LogP contribution in [0.2, 0.25) is 0 Å². The Morgan fingerprint density at radius 2 is 2.10 bits per heavy atom. The van der Waals surface area contributed by atoms with Crippen molar-refractivity contribution in [3.63, 3.8) is 0 Å². The molecule has 106 valence electrons. The molecule has 3 rings (SSSR count). The smallest absolute Gasteiger partial charge is 0.280 e. The quantitative estimate of drug-likeness (QED) is 0.796. The van der Waals surface area contributed by atoms with Crippen molar-refractivity contribution in [1.82, 2.24) is 19.7 Å². The summed E-state index contributed by atoms with van der Waals surface area (Å²) >= 11 is 0. The normalized spacial score (nSPS) is 10.6. The Kier molecular flexibility index (Phi) is 3.27. The molecule has 0 aliphatic carbocycles. The number of aromatic amines is 1. The highest BCUT2D eigenvalue weighted by atomic mass is 16.5. The van der Waals surface area contributed by atoms with Crippen LogP contribution in [0, 0.1) is 6.92 Å². The van der Waals surface area contributed by atoms with Gasteiger partial charge in [-0.15, -0.1) is 0 Å². The van der Waals surface area contributed by atoms with E-state index in [1.54, 1.807) is 36.8 Å². The van der Waals surface area contributed by atoms with Gasteiger partial charge in [0.25, 0.3) is 5.56 Å². The summed E-state index contributed by atoms with van der Waals surface area (Å²) in [6.45, 7) is 1.95. The zero-order valence-electron chi connectivity index (χ0n) is 11.7. The van der Waals surface area contributed by atoms with Gasteiger partial charge in [0.1, 0.15) is 0 Å². The van der Waals surface area contributed by atoms with Gasteiger partial charge in [0.2, 0.25) is 5.88 Å². The molecule has 0 saturated heterocycles. The maximum absolute atomic E-state index is 12.5. The lowest BCUT2D eigenvalue weighted by Gasteiger charge is -2.01. The molecule has 0 aliphatic heterocycles. The van der Waals surface area contributed by atoms with Crippen LogP contribution in [-0.2, 0) is 0 Å². The second-order valence-corrected chi connectivity index (χ2v) is 4.61. The lowest BCUT2D eigenvalue weighted by atomic mass is 10.1. The average Bonchev–Trinajstić information content (AvgIpc) is 2.90. The summed E-state index contributed by atoms with van der Waals surface area (Å²) in [5.74, 6) is 1.02. The molecule has 1 N–H and O–H groups in total. The van der Waals surface area contributed by atoms with Crippen molar-refractivity contribution < 1.29 is 4.74 Å². The minimum Gasteiger partial charge on any atom is -0.481 e. The monoisotopic (exact) mass is 282 g/mol. The molecule has 0 fully saturated rings. The molecular weight excluding hydrogens is 268 g/mol. The average molecular weight is 282 g/mol. The fourth-order valence-electron chi connectivity index (χ4n) is 2.03. The van der Waals surface area contributed by atoms with Gasteiger partial charge < -0.3 is 4.74 Å². The predicted octanol–water partition coefficient (Wildman–Crippen LogP) is 1.94. The molecule has 0 spiro atoms. The topological polar surface area (TPSA) is 72.8 Å². The Hall–Kier alpha value is -2.89. The molecule has 0 atom stereocenters. The van der Waals surface area contributed by atoms with E-state index in [2.05, 4.69) is 15.1 Å². The fraction of sp³-hybridized carbons (Fsp3) is 0.133. The molecule has 3 heterocycles.